The van der Waals surface area contributed by atoms with Crippen LogP contribution in [0.5, 0.6) is 0 Å². The quantitative estimate of drug-likeness (QED) is 0.671. The largest absolute Gasteiger partial charge is 0.313 e. The van der Waals surface area contributed by atoms with Gasteiger partial charge in [-0.05, 0) is 26.5 Å². The Labute approximate surface area is 117 Å². The zero-order valence-corrected chi connectivity index (χ0v) is 11.8. The van der Waals surface area contributed by atoms with Crippen LogP contribution < -0.4 is 5.32 Å². The Morgan fingerprint density at radius 1 is 1.50 bits per heavy atom. The average Bonchev–Trinajstić information content (AvgIpc) is 2.88. The summed E-state index contributed by atoms with van der Waals surface area (Å²) >= 11 is 0. The van der Waals surface area contributed by atoms with E-state index in [-0.39, 0.29) is 16.7 Å². The first-order valence-electron chi connectivity index (χ1n) is 6.45. The molecular weight excluding hydrogens is 256 g/mol. The van der Waals surface area contributed by atoms with Gasteiger partial charge in [-0.25, -0.2) is 0 Å². The van der Waals surface area contributed by atoms with E-state index >= 15 is 0 Å². The lowest BCUT2D eigenvalue weighted by atomic mass is 10.1. The van der Waals surface area contributed by atoms with E-state index in [2.05, 4.69) is 17.3 Å². The lowest BCUT2D eigenvalue weighted by molar-refractivity contribution is -0.385. The molecule has 0 saturated heterocycles. The van der Waals surface area contributed by atoms with Crippen LogP contribution in [0.25, 0.3) is 0 Å². The maximum absolute atomic E-state index is 10.9. The van der Waals surface area contributed by atoms with E-state index in [0.29, 0.717) is 12.1 Å². The van der Waals surface area contributed by atoms with Crippen LogP contribution in [0.15, 0.2) is 30.6 Å². The van der Waals surface area contributed by atoms with E-state index in [1.807, 2.05) is 25.5 Å². The molecule has 0 saturated carbocycles. The van der Waals surface area contributed by atoms with Crippen molar-refractivity contribution in [2.75, 3.05) is 7.05 Å². The molecule has 0 spiro atoms. The molecule has 2 rings (SSSR count). The Hall–Kier alpha value is -2.21. The third-order valence-corrected chi connectivity index (χ3v) is 3.53. The van der Waals surface area contributed by atoms with Gasteiger partial charge in [-0.3, -0.25) is 14.8 Å². The van der Waals surface area contributed by atoms with Crippen LogP contribution in [0.1, 0.15) is 29.7 Å². The molecule has 1 aromatic heterocycles. The first-order valence-corrected chi connectivity index (χ1v) is 6.45. The predicted octanol–water partition coefficient (Wildman–Crippen LogP) is 2.43. The summed E-state index contributed by atoms with van der Waals surface area (Å²) in [6.45, 7) is 4.36. The molecule has 0 amide bonds. The van der Waals surface area contributed by atoms with Crippen LogP contribution in [0.3, 0.4) is 0 Å². The Morgan fingerprint density at radius 3 is 2.90 bits per heavy atom. The molecule has 106 valence electrons. The van der Waals surface area contributed by atoms with Crippen molar-refractivity contribution < 1.29 is 4.92 Å². The smallest absolute Gasteiger partial charge is 0.272 e. The van der Waals surface area contributed by atoms with Gasteiger partial charge in [0.05, 0.1) is 17.7 Å². The summed E-state index contributed by atoms with van der Waals surface area (Å²) in [6, 6.07) is 5.36. The highest BCUT2D eigenvalue weighted by atomic mass is 16.6. The first kappa shape index (κ1) is 14.2. The molecule has 0 bridgehead atoms. The van der Waals surface area contributed by atoms with Crippen molar-refractivity contribution >= 4 is 5.69 Å². The van der Waals surface area contributed by atoms with Gasteiger partial charge in [-0.1, -0.05) is 12.1 Å². The van der Waals surface area contributed by atoms with Gasteiger partial charge in [0, 0.05) is 29.4 Å². The minimum absolute atomic E-state index is 0.151. The van der Waals surface area contributed by atoms with Gasteiger partial charge in [0.1, 0.15) is 0 Å². The van der Waals surface area contributed by atoms with Gasteiger partial charge in [0.15, 0.2) is 0 Å². The third-order valence-electron chi connectivity index (χ3n) is 3.53. The molecule has 1 N–H and O–H groups in total. The topological polar surface area (TPSA) is 73.0 Å². The van der Waals surface area contributed by atoms with Crippen molar-refractivity contribution in [3.63, 3.8) is 0 Å². The second-order valence-electron chi connectivity index (χ2n) is 4.80. The molecule has 0 aliphatic rings. The van der Waals surface area contributed by atoms with Crippen molar-refractivity contribution in [1.29, 1.82) is 0 Å². The average molecular weight is 274 g/mol. The fourth-order valence-corrected chi connectivity index (χ4v) is 2.07. The Morgan fingerprint density at radius 2 is 2.25 bits per heavy atom. The zero-order valence-electron chi connectivity index (χ0n) is 11.8. The fourth-order valence-electron chi connectivity index (χ4n) is 2.07. The Kier molecular flexibility index (Phi) is 4.14. The zero-order chi connectivity index (χ0) is 14.7. The number of benzene rings is 1. The lowest BCUT2D eigenvalue weighted by Crippen LogP contribution is -2.11. The Bertz CT molecular complexity index is 621. The molecule has 20 heavy (non-hydrogen) atoms. The number of rotatable bonds is 5. The van der Waals surface area contributed by atoms with E-state index in [1.54, 1.807) is 17.7 Å². The summed E-state index contributed by atoms with van der Waals surface area (Å²) in [5, 5.41) is 18.4. The third kappa shape index (κ3) is 2.85. The van der Waals surface area contributed by atoms with Gasteiger partial charge < -0.3 is 5.32 Å². The molecule has 1 aromatic carbocycles. The second kappa shape index (κ2) is 5.83. The monoisotopic (exact) mass is 274 g/mol. The second-order valence-corrected chi connectivity index (χ2v) is 4.80. The highest BCUT2D eigenvalue weighted by molar-refractivity contribution is 5.44. The molecular formula is C14H18N4O2. The molecule has 2 aromatic rings. The summed E-state index contributed by atoms with van der Waals surface area (Å²) in [4.78, 5) is 10.6. The van der Waals surface area contributed by atoms with Crippen molar-refractivity contribution in [3.8, 4) is 0 Å². The summed E-state index contributed by atoms with van der Waals surface area (Å²) in [5.41, 5.74) is 2.84. The Balaban J connectivity index is 2.24. The van der Waals surface area contributed by atoms with Gasteiger partial charge in [0.2, 0.25) is 0 Å². The fraction of sp³-hybridized carbons (Fsp3) is 0.357. The maximum Gasteiger partial charge on any atom is 0.272 e. The SMILES string of the molecule is CNC(C)c1cnn(Cc2cccc([N+](=O)[O-])c2C)c1. The molecule has 6 nitrogen and oxygen atoms in total. The number of nitro benzene ring substituents is 1. The number of hydrogen-bond donors (Lipinski definition) is 1. The standard InChI is InChI=1S/C14H18N4O2/c1-10-12(5-4-6-14(10)18(19)20)8-17-9-13(7-16-17)11(2)15-3/h4-7,9,11,15H,8H2,1-3H3. The van der Waals surface area contributed by atoms with Crippen LogP contribution >= 0.6 is 0 Å². The number of nitro groups is 1. The lowest BCUT2D eigenvalue weighted by Gasteiger charge is -2.07. The van der Waals surface area contributed by atoms with Crippen LogP contribution in [-0.2, 0) is 6.54 Å². The van der Waals surface area contributed by atoms with Gasteiger partial charge in [0.25, 0.3) is 5.69 Å². The van der Waals surface area contributed by atoms with Crippen molar-refractivity contribution in [1.82, 2.24) is 15.1 Å². The summed E-state index contributed by atoms with van der Waals surface area (Å²) in [5.74, 6) is 0. The van der Waals surface area contributed by atoms with E-state index in [1.165, 1.54) is 6.07 Å². The highest BCUT2D eigenvalue weighted by Crippen LogP contribution is 2.22. The molecule has 0 fully saturated rings. The van der Waals surface area contributed by atoms with Gasteiger partial charge in [-0.15, -0.1) is 0 Å². The molecule has 1 atom stereocenters. The number of hydrogen-bond acceptors (Lipinski definition) is 4. The number of nitrogens with one attached hydrogen (secondary N) is 1. The molecule has 1 heterocycles. The first-order chi connectivity index (χ1) is 9.52. The van der Waals surface area contributed by atoms with Crippen molar-refractivity contribution in [2.45, 2.75) is 26.4 Å². The molecule has 0 aliphatic carbocycles. The predicted molar refractivity (Wildman–Crippen MR) is 76.6 cm³/mol. The maximum atomic E-state index is 10.9. The van der Waals surface area contributed by atoms with Gasteiger partial charge >= 0.3 is 0 Å². The van der Waals surface area contributed by atoms with E-state index in [9.17, 15) is 10.1 Å². The van der Waals surface area contributed by atoms with E-state index in [4.69, 9.17) is 0 Å². The highest BCUT2D eigenvalue weighted by Gasteiger charge is 2.14. The molecule has 1 unspecified atom stereocenters. The summed E-state index contributed by atoms with van der Waals surface area (Å²) in [7, 11) is 1.90. The minimum Gasteiger partial charge on any atom is -0.313 e. The van der Waals surface area contributed by atoms with Crippen LogP contribution in [0.2, 0.25) is 0 Å². The molecule has 0 aliphatic heterocycles. The van der Waals surface area contributed by atoms with E-state index < -0.39 is 0 Å². The number of aromatic nitrogens is 2. The minimum atomic E-state index is -0.351. The van der Waals surface area contributed by atoms with E-state index in [0.717, 1.165) is 11.1 Å². The molecule has 0 radical (unpaired) electrons. The van der Waals surface area contributed by atoms with Crippen molar-refractivity contribution in [2.24, 2.45) is 0 Å². The van der Waals surface area contributed by atoms with Gasteiger partial charge in [-0.2, -0.15) is 5.10 Å². The summed E-state index contributed by atoms with van der Waals surface area (Å²) in [6.07, 6.45) is 3.77. The van der Waals surface area contributed by atoms with Crippen molar-refractivity contribution in [3.05, 3.63) is 57.4 Å². The van der Waals surface area contributed by atoms with Crippen LogP contribution in [-0.4, -0.2) is 21.8 Å². The normalized spacial score (nSPS) is 12.3. The summed E-state index contributed by atoms with van der Waals surface area (Å²) < 4.78 is 1.80. The molecule has 6 heteroatoms. The number of nitrogens with zero attached hydrogens (tertiary/aromatic N) is 3. The van der Waals surface area contributed by atoms with Crippen LogP contribution in [0.4, 0.5) is 5.69 Å². The van der Waals surface area contributed by atoms with Crippen LogP contribution in [0, 0.1) is 17.0 Å².